The minimum atomic E-state index is -0.900. The zero-order valence-electron chi connectivity index (χ0n) is 9.73. The van der Waals surface area contributed by atoms with E-state index in [4.69, 9.17) is 9.84 Å². The summed E-state index contributed by atoms with van der Waals surface area (Å²) < 4.78 is 5.50. The molecule has 92 valence electrons. The predicted molar refractivity (Wildman–Crippen MR) is 57.9 cm³/mol. The molecule has 1 aliphatic heterocycles. The van der Waals surface area contributed by atoms with Gasteiger partial charge in [-0.2, -0.15) is 0 Å². The van der Waals surface area contributed by atoms with Crippen molar-refractivity contribution < 1.29 is 19.4 Å². The van der Waals surface area contributed by atoms with Gasteiger partial charge in [-0.15, -0.1) is 0 Å². The van der Waals surface area contributed by atoms with Crippen LogP contribution < -0.4 is 5.32 Å². The average molecular weight is 229 g/mol. The van der Waals surface area contributed by atoms with Crippen molar-refractivity contribution in [2.75, 3.05) is 13.2 Å². The molecule has 0 saturated carbocycles. The second-order valence-electron chi connectivity index (χ2n) is 4.41. The highest BCUT2D eigenvalue weighted by atomic mass is 16.5. The van der Waals surface area contributed by atoms with E-state index in [0.717, 1.165) is 6.42 Å². The zero-order valence-corrected chi connectivity index (χ0v) is 9.73. The van der Waals surface area contributed by atoms with Gasteiger partial charge in [0.05, 0.1) is 18.4 Å². The van der Waals surface area contributed by atoms with E-state index in [1.54, 1.807) is 0 Å². The molecule has 1 heterocycles. The molecule has 1 saturated heterocycles. The van der Waals surface area contributed by atoms with Crippen LogP contribution in [0.5, 0.6) is 0 Å². The van der Waals surface area contributed by atoms with Gasteiger partial charge >= 0.3 is 5.97 Å². The van der Waals surface area contributed by atoms with Crippen LogP contribution in [0.3, 0.4) is 0 Å². The predicted octanol–water partition coefficient (Wildman–Crippen LogP) is 0.638. The fraction of sp³-hybridized carbons (Fsp3) is 0.818. The summed E-state index contributed by atoms with van der Waals surface area (Å²) in [4.78, 5) is 22.1. The molecule has 1 rings (SSSR count). The van der Waals surface area contributed by atoms with E-state index in [2.05, 4.69) is 5.32 Å². The van der Waals surface area contributed by atoms with Gasteiger partial charge in [0, 0.05) is 13.2 Å². The van der Waals surface area contributed by atoms with Gasteiger partial charge in [-0.25, -0.2) is 0 Å². The summed E-state index contributed by atoms with van der Waals surface area (Å²) in [5.74, 6) is -0.813. The van der Waals surface area contributed by atoms with E-state index >= 15 is 0 Å². The molecule has 0 aliphatic carbocycles. The van der Waals surface area contributed by atoms with Gasteiger partial charge in [0.15, 0.2) is 0 Å². The summed E-state index contributed by atoms with van der Waals surface area (Å²) in [5, 5.41) is 11.1. The number of hydrogen-bond donors (Lipinski definition) is 2. The minimum absolute atomic E-state index is 0.0360. The largest absolute Gasteiger partial charge is 0.481 e. The molecule has 16 heavy (non-hydrogen) atoms. The number of aliphatic carboxylic acids is 1. The number of nitrogens with one attached hydrogen (secondary N) is 1. The molecular weight excluding hydrogens is 210 g/mol. The van der Waals surface area contributed by atoms with Crippen molar-refractivity contribution in [1.29, 1.82) is 0 Å². The zero-order chi connectivity index (χ0) is 12.1. The van der Waals surface area contributed by atoms with Gasteiger partial charge in [-0.1, -0.05) is 13.8 Å². The lowest BCUT2D eigenvalue weighted by Crippen LogP contribution is -2.38. The Morgan fingerprint density at radius 3 is 2.75 bits per heavy atom. The maximum atomic E-state index is 11.8. The molecule has 0 aromatic rings. The summed E-state index contributed by atoms with van der Waals surface area (Å²) in [5.41, 5.74) is 0. The molecule has 0 aromatic heterocycles. The third-order valence-corrected chi connectivity index (χ3v) is 2.77. The Bertz CT molecular complexity index is 265. The maximum absolute atomic E-state index is 11.8. The molecule has 2 atom stereocenters. The molecule has 1 aliphatic rings. The summed E-state index contributed by atoms with van der Waals surface area (Å²) >= 11 is 0. The fourth-order valence-corrected chi connectivity index (χ4v) is 1.97. The van der Waals surface area contributed by atoms with Crippen molar-refractivity contribution in [3.8, 4) is 0 Å². The number of rotatable bonds is 5. The van der Waals surface area contributed by atoms with Crippen LogP contribution in [0.15, 0.2) is 0 Å². The molecule has 2 N–H and O–H groups in total. The lowest BCUT2D eigenvalue weighted by atomic mass is 9.92. The first kappa shape index (κ1) is 13.0. The summed E-state index contributed by atoms with van der Waals surface area (Å²) in [6, 6.07) is 0. The van der Waals surface area contributed by atoms with E-state index in [-0.39, 0.29) is 30.9 Å². The van der Waals surface area contributed by atoms with Crippen molar-refractivity contribution >= 4 is 11.9 Å². The number of amides is 1. The molecule has 0 bridgehead atoms. The first-order valence-electron chi connectivity index (χ1n) is 5.63. The molecule has 5 nitrogen and oxygen atoms in total. The Balaban J connectivity index is 2.38. The third kappa shape index (κ3) is 3.48. The minimum Gasteiger partial charge on any atom is -0.481 e. The molecular formula is C11H19NO4. The molecule has 0 aromatic carbocycles. The quantitative estimate of drug-likeness (QED) is 0.725. The lowest BCUT2D eigenvalue weighted by Gasteiger charge is -2.21. The van der Waals surface area contributed by atoms with Crippen molar-refractivity contribution in [2.24, 2.45) is 11.8 Å². The van der Waals surface area contributed by atoms with Crippen molar-refractivity contribution in [3.05, 3.63) is 0 Å². The fourth-order valence-electron chi connectivity index (χ4n) is 1.97. The number of carboxylic acid groups (broad SMARTS) is 1. The van der Waals surface area contributed by atoms with Gasteiger partial charge in [0.1, 0.15) is 0 Å². The third-order valence-electron chi connectivity index (χ3n) is 2.77. The second-order valence-corrected chi connectivity index (χ2v) is 4.41. The van der Waals surface area contributed by atoms with Gasteiger partial charge in [-0.3, -0.25) is 9.59 Å². The van der Waals surface area contributed by atoms with E-state index in [9.17, 15) is 9.59 Å². The van der Waals surface area contributed by atoms with Crippen LogP contribution in [0.25, 0.3) is 0 Å². The lowest BCUT2D eigenvalue weighted by molar-refractivity contribution is -0.137. The molecule has 5 heteroatoms. The van der Waals surface area contributed by atoms with Crippen LogP contribution in [-0.2, 0) is 14.3 Å². The first-order valence-corrected chi connectivity index (χ1v) is 5.63. The van der Waals surface area contributed by atoms with E-state index < -0.39 is 5.97 Å². The first-order chi connectivity index (χ1) is 7.52. The van der Waals surface area contributed by atoms with Crippen LogP contribution in [0, 0.1) is 11.8 Å². The van der Waals surface area contributed by atoms with Gasteiger partial charge in [-0.05, 0) is 12.3 Å². The van der Waals surface area contributed by atoms with Crippen LogP contribution in [0.1, 0.15) is 26.7 Å². The molecule has 2 unspecified atom stereocenters. The smallest absolute Gasteiger partial charge is 0.305 e. The van der Waals surface area contributed by atoms with Crippen LogP contribution in [0.4, 0.5) is 0 Å². The summed E-state index contributed by atoms with van der Waals surface area (Å²) in [7, 11) is 0. The Hall–Kier alpha value is -1.10. The number of carbonyl (C=O) groups is 2. The highest BCUT2D eigenvalue weighted by Crippen LogP contribution is 2.26. The normalized spacial score (nSPS) is 24.7. The van der Waals surface area contributed by atoms with Crippen LogP contribution in [0.2, 0.25) is 0 Å². The van der Waals surface area contributed by atoms with E-state index in [1.807, 2.05) is 13.8 Å². The standard InChI is InChI=1S/C11H19NO4/c1-7(2)10-8(4-6-16-10)11(15)12-5-3-9(13)14/h7-8,10H,3-6H2,1-2H3,(H,12,15)(H,13,14). The van der Waals surface area contributed by atoms with E-state index in [0.29, 0.717) is 12.5 Å². The van der Waals surface area contributed by atoms with Gasteiger partial charge in [0.2, 0.25) is 5.91 Å². The molecule has 1 amide bonds. The topological polar surface area (TPSA) is 75.6 Å². The van der Waals surface area contributed by atoms with Gasteiger partial charge < -0.3 is 15.2 Å². The Labute approximate surface area is 95.2 Å². The summed E-state index contributed by atoms with van der Waals surface area (Å²) in [6.07, 6.45) is 0.651. The maximum Gasteiger partial charge on any atom is 0.305 e. The molecule has 0 radical (unpaired) electrons. The van der Waals surface area contributed by atoms with Crippen molar-refractivity contribution in [3.63, 3.8) is 0 Å². The number of carboxylic acids is 1. The van der Waals surface area contributed by atoms with E-state index in [1.165, 1.54) is 0 Å². The average Bonchev–Trinajstić information content (AvgIpc) is 2.65. The highest BCUT2D eigenvalue weighted by molar-refractivity contribution is 5.80. The monoisotopic (exact) mass is 229 g/mol. The van der Waals surface area contributed by atoms with Crippen LogP contribution >= 0.6 is 0 Å². The molecule has 1 fully saturated rings. The SMILES string of the molecule is CC(C)C1OCCC1C(=O)NCCC(=O)O. The van der Waals surface area contributed by atoms with Gasteiger partial charge in [0.25, 0.3) is 0 Å². The number of carbonyl (C=O) groups excluding carboxylic acids is 1. The molecule has 0 spiro atoms. The number of hydrogen-bond acceptors (Lipinski definition) is 3. The Kier molecular flexibility index (Phi) is 4.73. The Morgan fingerprint density at radius 2 is 2.19 bits per heavy atom. The van der Waals surface area contributed by atoms with Crippen molar-refractivity contribution in [1.82, 2.24) is 5.32 Å². The second kappa shape index (κ2) is 5.84. The number of ether oxygens (including phenoxy) is 1. The highest BCUT2D eigenvalue weighted by Gasteiger charge is 2.35. The van der Waals surface area contributed by atoms with Crippen molar-refractivity contribution in [2.45, 2.75) is 32.8 Å². The summed E-state index contributed by atoms with van der Waals surface area (Å²) in [6.45, 7) is 4.84. The Morgan fingerprint density at radius 1 is 1.50 bits per heavy atom. The van der Waals surface area contributed by atoms with Crippen LogP contribution in [-0.4, -0.2) is 36.2 Å².